The summed E-state index contributed by atoms with van der Waals surface area (Å²) in [6.07, 6.45) is 3.21. The van der Waals surface area contributed by atoms with Crippen molar-refractivity contribution in [2.45, 2.75) is 45.6 Å². The van der Waals surface area contributed by atoms with Crippen molar-refractivity contribution < 1.29 is 9.53 Å². The Morgan fingerprint density at radius 3 is 2.67 bits per heavy atom. The van der Waals surface area contributed by atoms with Crippen LogP contribution in [-0.2, 0) is 11.2 Å². The third-order valence-electron chi connectivity index (χ3n) is 3.65. The molecule has 0 aliphatic carbocycles. The van der Waals surface area contributed by atoms with Crippen LogP contribution in [0.15, 0.2) is 24.3 Å². The zero-order valence-electron chi connectivity index (χ0n) is 13.4. The van der Waals surface area contributed by atoms with Crippen LogP contribution in [0.4, 0.5) is 0 Å². The summed E-state index contributed by atoms with van der Waals surface area (Å²) in [5.74, 6) is 1.49. The molecule has 0 aliphatic heterocycles. The van der Waals surface area contributed by atoms with Gasteiger partial charge in [-0.25, -0.2) is 0 Å². The molecule has 4 heteroatoms. The molecule has 118 valence electrons. The average Bonchev–Trinajstić information content (AvgIpc) is 2.46. The highest BCUT2D eigenvalue weighted by Crippen LogP contribution is 2.19. The van der Waals surface area contributed by atoms with Crippen LogP contribution in [0.1, 0.15) is 38.7 Å². The lowest BCUT2D eigenvalue weighted by molar-refractivity contribution is -0.121. The van der Waals surface area contributed by atoms with Gasteiger partial charge in [0.2, 0.25) is 5.91 Å². The average molecular weight is 292 g/mol. The lowest BCUT2D eigenvalue weighted by atomic mass is 10.0. The first-order valence-electron chi connectivity index (χ1n) is 7.68. The minimum absolute atomic E-state index is 0.0959. The van der Waals surface area contributed by atoms with Crippen molar-refractivity contribution in [3.05, 3.63) is 29.8 Å². The van der Waals surface area contributed by atoms with Crippen molar-refractivity contribution in [3.63, 3.8) is 0 Å². The van der Waals surface area contributed by atoms with E-state index in [9.17, 15) is 4.79 Å². The minimum Gasteiger partial charge on any atom is -0.496 e. The van der Waals surface area contributed by atoms with Gasteiger partial charge in [-0.1, -0.05) is 25.1 Å². The molecule has 1 aromatic carbocycles. The molecular weight excluding hydrogens is 264 g/mol. The number of carbonyl (C=O) groups is 1. The summed E-state index contributed by atoms with van der Waals surface area (Å²) in [7, 11) is 1.67. The summed E-state index contributed by atoms with van der Waals surface area (Å²) >= 11 is 0. The molecule has 0 radical (unpaired) electrons. The van der Waals surface area contributed by atoms with Crippen LogP contribution in [0, 0.1) is 5.92 Å². The number of para-hydroxylation sites is 1. The fourth-order valence-corrected chi connectivity index (χ4v) is 2.41. The van der Waals surface area contributed by atoms with Crippen LogP contribution >= 0.6 is 0 Å². The van der Waals surface area contributed by atoms with Crippen molar-refractivity contribution >= 4 is 5.91 Å². The van der Waals surface area contributed by atoms with Crippen LogP contribution in [0.25, 0.3) is 0 Å². The van der Waals surface area contributed by atoms with E-state index < -0.39 is 0 Å². The van der Waals surface area contributed by atoms with Gasteiger partial charge < -0.3 is 15.8 Å². The molecule has 0 heterocycles. The third-order valence-corrected chi connectivity index (χ3v) is 3.65. The van der Waals surface area contributed by atoms with E-state index in [0.717, 1.165) is 30.6 Å². The predicted octanol–water partition coefficient (Wildman–Crippen LogP) is 2.51. The first-order chi connectivity index (χ1) is 10.1. The summed E-state index contributed by atoms with van der Waals surface area (Å²) in [5, 5.41) is 3.05. The largest absolute Gasteiger partial charge is 0.496 e. The molecular formula is C17H28N2O2. The van der Waals surface area contributed by atoms with Crippen LogP contribution in [-0.4, -0.2) is 25.6 Å². The number of hydrogen-bond donors (Lipinski definition) is 2. The van der Waals surface area contributed by atoms with Gasteiger partial charge in [-0.05, 0) is 50.3 Å². The van der Waals surface area contributed by atoms with Crippen LogP contribution in [0.3, 0.4) is 0 Å². The molecule has 1 amide bonds. The lowest BCUT2D eigenvalue weighted by Gasteiger charge is -2.16. The fraction of sp³-hybridized carbons (Fsp3) is 0.588. The molecule has 2 atom stereocenters. The molecule has 1 rings (SSSR count). The topological polar surface area (TPSA) is 64.3 Å². The molecule has 0 fully saturated rings. The molecule has 0 bridgehead atoms. The van der Waals surface area contributed by atoms with E-state index in [1.807, 2.05) is 31.2 Å². The number of methoxy groups -OCH3 is 1. The van der Waals surface area contributed by atoms with E-state index in [1.54, 1.807) is 7.11 Å². The smallest absolute Gasteiger partial charge is 0.220 e. The van der Waals surface area contributed by atoms with E-state index in [0.29, 0.717) is 18.9 Å². The van der Waals surface area contributed by atoms with E-state index in [-0.39, 0.29) is 11.9 Å². The minimum atomic E-state index is 0.0959. The molecule has 0 saturated heterocycles. The van der Waals surface area contributed by atoms with Gasteiger partial charge in [0.25, 0.3) is 0 Å². The second-order valence-corrected chi connectivity index (χ2v) is 5.71. The number of amides is 1. The van der Waals surface area contributed by atoms with Crippen LogP contribution in [0.5, 0.6) is 5.75 Å². The first-order valence-corrected chi connectivity index (χ1v) is 7.68. The van der Waals surface area contributed by atoms with Gasteiger partial charge >= 0.3 is 0 Å². The van der Waals surface area contributed by atoms with Gasteiger partial charge in [0.15, 0.2) is 0 Å². The van der Waals surface area contributed by atoms with Gasteiger partial charge in [-0.15, -0.1) is 0 Å². The Kier molecular flexibility index (Phi) is 7.83. The van der Waals surface area contributed by atoms with Crippen molar-refractivity contribution in [3.8, 4) is 5.75 Å². The number of rotatable bonds is 9. The molecule has 21 heavy (non-hydrogen) atoms. The van der Waals surface area contributed by atoms with Crippen LogP contribution < -0.4 is 15.8 Å². The molecule has 0 saturated carbocycles. The predicted molar refractivity (Wildman–Crippen MR) is 86.4 cm³/mol. The summed E-state index contributed by atoms with van der Waals surface area (Å²) in [6, 6.07) is 8.01. The van der Waals surface area contributed by atoms with E-state index in [1.165, 1.54) is 0 Å². The molecule has 0 aliphatic rings. The Hall–Kier alpha value is -1.55. The Morgan fingerprint density at radius 1 is 1.29 bits per heavy atom. The SMILES string of the molecule is COc1ccccc1CC(C)NC(=O)CCC(C)CCN. The Labute approximate surface area is 128 Å². The normalized spacial score (nSPS) is 13.5. The quantitative estimate of drug-likeness (QED) is 0.735. The molecule has 3 N–H and O–H groups in total. The number of ether oxygens (including phenoxy) is 1. The molecule has 1 aromatic rings. The second-order valence-electron chi connectivity index (χ2n) is 5.71. The van der Waals surface area contributed by atoms with Gasteiger partial charge in [0.1, 0.15) is 5.75 Å². The monoisotopic (exact) mass is 292 g/mol. The lowest BCUT2D eigenvalue weighted by Crippen LogP contribution is -2.34. The van der Waals surface area contributed by atoms with E-state index in [4.69, 9.17) is 10.5 Å². The standard InChI is InChI=1S/C17H28N2O2/c1-13(10-11-18)8-9-17(20)19-14(2)12-15-6-4-5-7-16(15)21-3/h4-7,13-14H,8-12,18H2,1-3H3,(H,19,20). The summed E-state index contributed by atoms with van der Waals surface area (Å²) < 4.78 is 5.33. The number of benzene rings is 1. The van der Waals surface area contributed by atoms with Gasteiger partial charge in [0.05, 0.1) is 7.11 Å². The molecule has 0 spiro atoms. The highest BCUT2D eigenvalue weighted by molar-refractivity contribution is 5.76. The highest BCUT2D eigenvalue weighted by Gasteiger charge is 2.12. The number of carbonyl (C=O) groups excluding carboxylic acids is 1. The zero-order valence-corrected chi connectivity index (χ0v) is 13.4. The van der Waals surface area contributed by atoms with Gasteiger partial charge in [-0.2, -0.15) is 0 Å². The number of nitrogens with one attached hydrogen (secondary N) is 1. The first kappa shape index (κ1) is 17.5. The van der Waals surface area contributed by atoms with Crippen molar-refractivity contribution in [2.75, 3.05) is 13.7 Å². The molecule has 4 nitrogen and oxygen atoms in total. The molecule has 2 unspecified atom stereocenters. The maximum Gasteiger partial charge on any atom is 0.220 e. The van der Waals surface area contributed by atoms with E-state index >= 15 is 0 Å². The number of nitrogens with two attached hydrogens (primary N) is 1. The molecule has 0 aromatic heterocycles. The summed E-state index contributed by atoms with van der Waals surface area (Å²) in [5.41, 5.74) is 6.63. The Balaban J connectivity index is 2.39. The maximum absolute atomic E-state index is 11.9. The van der Waals surface area contributed by atoms with Crippen molar-refractivity contribution in [1.82, 2.24) is 5.32 Å². The van der Waals surface area contributed by atoms with Crippen molar-refractivity contribution in [2.24, 2.45) is 11.7 Å². The van der Waals surface area contributed by atoms with E-state index in [2.05, 4.69) is 12.2 Å². The van der Waals surface area contributed by atoms with Gasteiger partial charge in [-0.3, -0.25) is 4.79 Å². The summed E-state index contributed by atoms with van der Waals surface area (Å²) in [4.78, 5) is 11.9. The Bertz CT molecular complexity index is 435. The highest BCUT2D eigenvalue weighted by atomic mass is 16.5. The fourth-order valence-electron chi connectivity index (χ4n) is 2.41. The van der Waals surface area contributed by atoms with Crippen LogP contribution in [0.2, 0.25) is 0 Å². The number of hydrogen-bond acceptors (Lipinski definition) is 3. The van der Waals surface area contributed by atoms with Gasteiger partial charge in [0, 0.05) is 12.5 Å². The van der Waals surface area contributed by atoms with Crippen molar-refractivity contribution in [1.29, 1.82) is 0 Å². The third kappa shape index (κ3) is 6.63. The summed E-state index contributed by atoms with van der Waals surface area (Å²) in [6.45, 7) is 4.85. The zero-order chi connectivity index (χ0) is 15.7. The second kappa shape index (κ2) is 9.40. The maximum atomic E-state index is 11.9. The Morgan fingerprint density at radius 2 is 2.00 bits per heavy atom.